The molecule has 0 aliphatic heterocycles. The molecule has 0 aromatic rings. The molecule has 0 amide bonds. The Bertz CT molecular complexity index is 900. The van der Waals surface area contributed by atoms with E-state index in [0.29, 0.717) is 19.3 Å². The fourth-order valence-electron chi connectivity index (χ4n) is 7.99. The number of hydrogen-bond acceptors (Lipinski definition) is 6. The molecule has 6 nitrogen and oxygen atoms in total. The van der Waals surface area contributed by atoms with Gasteiger partial charge in [-0.15, -0.1) is 0 Å². The molecule has 0 unspecified atom stereocenters. The van der Waals surface area contributed by atoms with Crippen LogP contribution in [0, 0.1) is 11.8 Å². The topological polar surface area (TPSA) is 78.9 Å². The van der Waals surface area contributed by atoms with E-state index >= 15 is 0 Å². The maximum Gasteiger partial charge on any atom is 0.306 e. The monoisotopic (exact) mass is 835 g/mol. The second-order valence-corrected chi connectivity index (χ2v) is 19.1. The maximum absolute atomic E-state index is 12.8. The normalized spacial score (nSPS) is 12.1. The molecule has 1 atom stereocenters. The van der Waals surface area contributed by atoms with Gasteiger partial charge in [0.1, 0.15) is 13.2 Å². The Morgan fingerprint density at radius 2 is 0.559 bits per heavy atom. The van der Waals surface area contributed by atoms with Crippen molar-refractivity contribution >= 4 is 17.9 Å². The number of rotatable bonds is 47. The Morgan fingerprint density at radius 1 is 0.322 bits per heavy atom. The van der Waals surface area contributed by atoms with Gasteiger partial charge < -0.3 is 14.2 Å². The summed E-state index contributed by atoms with van der Waals surface area (Å²) < 4.78 is 16.8. The van der Waals surface area contributed by atoms with E-state index in [1.165, 1.54) is 180 Å². The second-order valence-electron chi connectivity index (χ2n) is 19.1. The second kappa shape index (κ2) is 45.9. The summed E-state index contributed by atoms with van der Waals surface area (Å²) in [5.41, 5.74) is 0. The minimum atomic E-state index is -0.762. The lowest BCUT2D eigenvalue weighted by atomic mass is 10.0. The molecular formula is C53H102O6. The van der Waals surface area contributed by atoms with Gasteiger partial charge in [0.15, 0.2) is 6.10 Å². The predicted octanol–water partition coefficient (Wildman–Crippen LogP) is 16.9. The molecular weight excluding hydrogens is 733 g/mol. The predicted molar refractivity (Wildman–Crippen MR) is 252 cm³/mol. The summed E-state index contributed by atoms with van der Waals surface area (Å²) in [7, 11) is 0. The molecule has 350 valence electrons. The van der Waals surface area contributed by atoms with Gasteiger partial charge in [-0.1, -0.05) is 253 Å². The van der Waals surface area contributed by atoms with Crippen molar-refractivity contribution < 1.29 is 28.6 Å². The maximum atomic E-state index is 12.8. The number of ether oxygens (including phenoxy) is 3. The van der Waals surface area contributed by atoms with Gasteiger partial charge in [0.2, 0.25) is 0 Å². The molecule has 0 aliphatic carbocycles. The Morgan fingerprint density at radius 3 is 0.831 bits per heavy atom. The van der Waals surface area contributed by atoms with E-state index in [1.54, 1.807) is 0 Å². The molecule has 0 heterocycles. The molecule has 0 saturated carbocycles. The largest absolute Gasteiger partial charge is 0.462 e. The molecule has 0 aromatic carbocycles. The third kappa shape index (κ3) is 47.3. The average molecular weight is 835 g/mol. The van der Waals surface area contributed by atoms with Gasteiger partial charge in [0.25, 0.3) is 0 Å². The Hall–Kier alpha value is -1.59. The van der Waals surface area contributed by atoms with Crippen molar-refractivity contribution in [1.82, 2.24) is 0 Å². The molecule has 0 saturated heterocycles. The van der Waals surface area contributed by atoms with Crippen LogP contribution in [0.15, 0.2) is 0 Å². The summed E-state index contributed by atoms with van der Waals surface area (Å²) in [6.45, 7) is 11.3. The van der Waals surface area contributed by atoms with E-state index in [-0.39, 0.29) is 31.1 Å². The minimum absolute atomic E-state index is 0.0640. The van der Waals surface area contributed by atoms with Gasteiger partial charge in [0.05, 0.1) is 0 Å². The first-order chi connectivity index (χ1) is 28.7. The van der Waals surface area contributed by atoms with Crippen LogP contribution in [0.1, 0.15) is 291 Å². The molecule has 0 spiro atoms. The van der Waals surface area contributed by atoms with Crippen LogP contribution in [0.3, 0.4) is 0 Å². The lowest BCUT2D eigenvalue weighted by Gasteiger charge is -2.18. The van der Waals surface area contributed by atoms with Gasteiger partial charge in [-0.05, 0) is 31.1 Å². The Balaban J connectivity index is 4.29. The van der Waals surface area contributed by atoms with Crippen LogP contribution < -0.4 is 0 Å². The van der Waals surface area contributed by atoms with Crippen molar-refractivity contribution in [2.75, 3.05) is 13.2 Å². The Kier molecular flexibility index (Phi) is 44.7. The standard InChI is InChI=1S/C53H102O6/c1-6-7-8-9-10-11-12-13-14-15-19-22-28-33-38-43-51(54)57-46-50(59-53(56)45-40-35-30-25-24-27-32-37-42-49(4)5)47-58-52(55)44-39-34-29-23-20-17-16-18-21-26-31-36-41-48(2)3/h48-50H,6-47H2,1-5H3/t50-/m1/s1. The summed E-state index contributed by atoms with van der Waals surface area (Å²) in [6, 6.07) is 0. The van der Waals surface area contributed by atoms with E-state index in [9.17, 15) is 14.4 Å². The number of esters is 3. The summed E-state index contributed by atoms with van der Waals surface area (Å²) >= 11 is 0. The average Bonchev–Trinajstić information content (AvgIpc) is 3.20. The van der Waals surface area contributed by atoms with Crippen molar-refractivity contribution in [3.63, 3.8) is 0 Å². The van der Waals surface area contributed by atoms with Gasteiger partial charge >= 0.3 is 17.9 Å². The summed E-state index contributed by atoms with van der Waals surface area (Å²) in [5, 5.41) is 0. The van der Waals surface area contributed by atoms with Crippen LogP contribution in [0.2, 0.25) is 0 Å². The van der Waals surface area contributed by atoms with Crippen LogP contribution in [0.5, 0.6) is 0 Å². The number of carbonyl (C=O) groups excluding carboxylic acids is 3. The van der Waals surface area contributed by atoms with Crippen LogP contribution in [0.25, 0.3) is 0 Å². The first kappa shape index (κ1) is 57.4. The van der Waals surface area contributed by atoms with Gasteiger partial charge in [-0.25, -0.2) is 0 Å². The number of carbonyl (C=O) groups is 3. The third-order valence-corrected chi connectivity index (χ3v) is 12.0. The van der Waals surface area contributed by atoms with Crippen molar-refractivity contribution in [1.29, 1.82) is 0 Å². The molecule has 0 rings (SSSR count). The fourth-order valence-corrected chi connectivity index (χ4v) is 7.99. The minimum Gasteiger partial charge on any atom is -0.462 e. The highest BCUT2D eigenvalue weighted by atomic mass is 16.6. The summed E-state index contributed by atoms with van der Waals surface area (Å²) in [4.78, 5) is 37.9. The number of hydrogen-bond donors (Lipinski definition) is 0. The molecule has 0 aromatic heterocycles. The summed E-state index contributed by atoms with van der Waals surface area (Å²) in [6.07, 6.45) is 46.6. The van der Waals surface area contributed by atoms with E-state index in [4.69, 9.17) is 14.2 Å². The molecule has 0 aliphatic rings. The van der Waals surface area contributed by atoms with Gasteiger partial charge in [0, 0.05) is 19.3 Å². The van der Waals surface area contributed by atoms with E-state index < -0.39 is 6.10 Å². The molecule has 0 bridgehead atoms. The van der Waals surface area contributed by atoms with Crippen LogP contribution in [-0.4, -0.2) is 37.2 Å². The fraction of sp³-hybridized carbons (Fsp3) is 0.943. The van der Waals surface area contributed by atoms with E-state index in [2.05, 4.69) is 34.6 Å². The van der Waals surface area contributed by atoms with E-state index in [0.717, 1.165) is 69.6 Å². The quantitative estimate of drug-likeness (QED) is 0.0345. The summed E-state index contributed by atoms with van der Waals surface area (Å²) in [5.74, 6) is 0.778. The molecule has 0 N–H and O–H groups in total. The smallest absolute Gasteiger partial charge is 0.306 e. The zero-order valence-corrected chi connectivity index (χ0v) is 40.4. The third-order valence-electron chi connectivity index (χ3n) is 12.0. The highest BCUT2D eigenvalue weighted by Gasteiger charge is 2.19. The van der Waals surface area contributed by atoms with Crippen molar-refractivity contribution in [2.24, 2.45) is 11.8 Å². The SMILES string of the molecule is CCCCCCCCCCCCCCCCCC(=O)OC[C@H](COC(=O)CCCCCCCCCCCCCCC(C)C)OC(=O)CCCCCCCCCCC(C)C. The van der Waals surface area contributed by atoms with Crippen molar-refractivity contribution in [2.45, 2.75) is 298 Å². The van der Waals surface area contributed by atoms with Crippen LogP contribution in [0.4, 0.5) is 0 Å². The highest BCUT2D eigenvalue weighted by Crippen LogP contribution is 2.17. The lowest BCUT2D eigenvalue weighted by molar-refractivity contribution is -0.167. The zero-order chi connectivity index (χ0) is 43.3. The first-order valence-electron chi connectivity index (χ1n) is 26.2. The van der Waals surface area contributed by atoms with Crippen LogP contribution >= 0.6 is 0 Å². The first-order valence-corrected chi connectivity index (χ1v) is 26.2. The number of unbranched alkanes of at least 4 members (excludes halogenated alkanes) is 32. The van der Waals surface area contributed by atoms with Crippen molar-refractivity contribution in [3.8, 4) is 0 Å². The van der Waals surface area contributed by atoms with Gasteiger partial charge in [-0.3, -0.25) is 14.4 Å². The lowest BCUT2D eigenvalue weighted by Crippen LogP contribution is -2.30. The van der Waals surface area contributed by atoms with Gasteiger partial charge in [-0.2, -0.15) is 0 Å². The highest BCUT2D eigenvalue weighted by molar-refractivity contribution is 5.71. The van der Waals surface area contributed by atoms with Crippen molar-refractivity contribution in [3.05, 3.63) is 0 Å². The molecule has 0 fully saturated rings. The zero-order valence-electron chi connectivity index (χ0n) is 40.4. The molecule has 6 heteroatoms. The molecule has 59 heavy (non-hydrogen) atoms. The van der Waals surface area contributed by atoms with Crippen LogP contribution in [-0.2, 0) is 28.6 Å². The van der Waals surface area contributed by atoms with E-state index in [1.807, 2.05) is 0 Å². The molecule has 0 radical (unpaired) electrons. The Labute approximate surface area is 368 Å².